The number of benzene rings is 5. The molecule has 25 heavy (non-hydrogen) atoms. The van der Waals surface area contributed by atoms with E-state index in [0.29, 0.717) is 5.75 Å². The zero-order valence-electron chi connectivity index (χ0n) is 13.6. The Labute approximate surface area is 145 Å². The minimum Gasteiger partial charge on any atom is -0.507 e. The summed E-state index contributed by atoms with van der Waals surface area (Å²) in [5, 5.41) is 17.7. The molecule has 0 spiro atoms. The average molecular weight is 320 g/mol. The van der Waals surface area contributed by atoms with E-state index in [2.05, 4.69) is 66.7 Å². The third-order valence-electron chi connectivity index (χ3n) is 4.96. The van der Waals surface area contributed by atoms with E-state index in [1.54, 1.807) is 6.07 Å². The van der Waals surface area contributed by atoms with Gasteiger partial charge in [-0.2, -0.15) is 0 Å². The van der Waals surface area contributed by atoms with Gasteiger partial charge in [-0.1, -0.05) is 78.9 Å². The number of hydrogen-bond acceptors (Lipinski definition) is 1. The van der Waals surface area contributed by atoms with Crippen LogP contribution in [0.5, 0.6) is 5.75 Å². The molecule has 0 aromatic heterocycles. The minimum absolute atomic E-state index is 0.312. The predicted octanol–water partition coefficient (Wildman–Crippen LogP) is 6.52. The molecule has 1 heteroatoms. The van der Waals surface area contributed by atoms with Gasteiger partial charge in [-0.05, 0) is 50.0 Å². The molecule has 0 saturated heterocycles. The minimum atomic E-state index is 0.312. The van der Waals surface area contributed by atoms with Gasteiger partial charge in [-0.15, -0.1) is 0 Å². The van der Waals surface area contributed by atoms with Crippen LogP contribution in [0.25, 0.3) is 43.4 Å². The van der Waals surface area contributed by atoms with Crippen molar-refractivity contribution in [1.82, 2.24) is 0 Å². The maximum atomic E-state index is 10.2. The maximum absolute atomic E-state index is 10.2. The van der Waals surface area contributed by atoms with Gasteiger partial charge in [0.2, 0.25) is 0 Å². The third-order valence-corrected chi connectivity index (χ3v) is 4.96. The van der Waals surface area contributed by atoms with Gasteiger partial charge < -0.3 is 5.11 Å². The highest BCUT2D eigenvalue weighted by molar-refractivity contribution is 6.25. The number of phenolic OH excluding ortho intramolecular Hbond substituents is 1. The standard InChI is InChI=1S/C24H16O/c25-24-12-6-5-7-17(24)16-13-14-22-20-10-2-1-8-18(20)19-9-3-4-11-21(19)23(22)15-16/h1-15,25H. The van der Waals surface area contributed by atoms with Crippen molar-refractivity contribution in [3.8, 4) is 16.9 Å². The molecule has 1 nitrogen and oxygen atoms in total. The highest BCUT2D eigenvalue weighted by atomic mass is 16.3. The van der Waals surface area contributed by atoms with Gasteiger partial charge in [-0.25, -0.2) is 0 Å². The Morgan fingerprint density at radius 1 is 0.440 bits per heavy atom. The molecule has 0 fully saturated rings. The molecule has 0 bridgehead atoms. The number of fused-ring (bicyclic) bond motifs is 6. The Hall–Kier alpha value is -3.32. The first kappa shape index (κ1) is 14.1. The van der Waals surface area contributed by atoms with Crippen LogP contribution in [0.2, 0.25) is 0 Å². The van der Waals surface area contributed by atoms with Crippen molar-refractivity contribution < 1.29 is 5.11 Å². The highest BCUT2D eigenvalue weighted by Gasteiger charge is 2.10. The van der Waals surface area contributed by atoms with Crippen molar-refractivity contribution in [2.45, 2.75) is 0 Å². The molecule has 0 amide bonds. The summed E-state index contributed by atoms with van der Waals surface area (Å²) in [5.41, 5.74) is 1.90. The van der Waals surface area contributed by atoms with Crippen LogP contribution in [0.15, 0.2) is 91.0 Å². The molecule has 0 aliphatic heterocycles. The van der Waals surface area contributed by atoms with Crippen molar-refractivity contribution in [3.05, 3.63) is 91.0 Å². The van der Waals surface area contributed by atoms with Crippen LogP contribution in [0.3, 0.4) is 0 Å². The topological polar surface area (TPSA) is 20.2 Å². The lowest BCUT2D eigenvalue weighted by atomic mass is 9.92. The van der Waals surface area contributed by atoms with E-state index in [0.717, 1.165) is 11.1 Å². The molecule has 0 saturated carbocycles. The molecule has 5 aromatic rings. The molecule has 0 aliphatic rings. The summed E-state index contributed by atoms with van der Waals surface area (Å²) < 4.78 is 0. The number of aromatic hydroxyl groups is 1. The fraction of sp³-hybridized carbons (Fsp3) is 0. The first-order chi connectivity index (χ1) is 12.3. The zero-order chi connectivity index (χ0) is 16.8. The van der Waals surface area contributed by atoms with Gasteiger partial charge >= 0.3 is 0 Å². The lowest BCUT2D eigenvalue weighted by Gasteiger charge is -2.12. The van der Waals surface area contributed by atoms with Gasteiger partial charge in [-0.3, -0.25) is 0 Å². The summed E-state index contributed by atoms with van der Waals surface area (Å²) in [6, 6.07) is 31.1. The number of rotatable bonds is 1. The van der Waals surface area contributed by atoms with Crippen LogP contribution in [-0.4, -0.2) is 5.11 Å². The second-order valence-corrected chi connectivity index (χ2v) is 6.37. The van der Waals surface area contributed by atoms with Gasteiger partial charge in [0.05, 0.1) is 0 Å². The lowest BCUT2D eigenvalue weighted by Crippen LogP contribution is -1.85. The van der Waals surface area contributed by atoms with E-state index in [4.69, 9.17) is 0 Å². The fourth-order valence-corrected chi connectivity index (χ4v) is 3.79. The molecule has 0 radical (unpaired) electrons. The summed E-state index contributed by atoms with van der Waals surface area (Å²) in [4.78, 5) is 0. The van der Waals surface area contributed by atoms with E-state index < -0.39 is 0 Å². The third kappa shape index (κ3) is 2.10. The van der Waals surface area contributed by atoms with E-state index in [1.165, 1.54) is 32.3 Å². The van der Waals surface area contributed by atoms with Crippen molar-refractivity contribution in [2.24, 2.45) is 0 Å². The van der Waals surface area contributed by atoms with Crippen LogP contribution in [0.4, 0.5) is 0 Å². The number of para-hydroxylation sites is 1. The van der Waals surface area contributed by atoms with E-state index in [9.17, 15) is 5.11 Å². The second kappa shape index (κ2) is 5.35. The quantitative estimate of drug-likeness (QED) is 0.349. The van der Waals surface area contributed by atoms with Gasteiger partial charge in [0.15, 0.2) is 0 Å². The molecule has 0 heterocycles. The van der Waals surface area contributed by atoms with Crippen molar-refractivity contribution >= 4 is 32.3 Å². The Bertz CT molecular complexity index is 1220. The van der Waals surface area contributed by atoms with Crippen LogP contribution in [0, 0.1) is 0 Å². The fourth-order valence-electron chi connectivity index (χ4n) is 3.79. The lowest BCUT2D eigenvalue weighted by molar-refractivity contribution is 0.477. The maximum Gasteiger partial charge on any atom is 0.123 e. The van der Waals surface area contributed by atoms with Gasteiger partial charge in [0, 0.05) is 5.56 Å². The molecule has 0 atom stereocenters. The van der Waals surface area contributed by atoms with Crippen molar-refractivity contribution in [1.29, 1.82) is 0 Å². The van der Waals surface area contributed by atoms with Crippen LogP contribution >= 0.6 is 0 Å². The SMILES string of the molecule is Oc1ccccc1-c1ccc2c3ccccc3c3ccccc3c2c1. The van der Waals surface area contributed by atoms with Crippen molar-refractivity contribution in [2.75, 3.05) is 0 Å². The molecular formula is C24H16O. The van der Waals surface area contributed by atoms with Gasteiger partial charge in [0.1, 0.15) is 5.75 Å². The van der Waals surface area contributed by atoms with Crippen LogP contribution in [0.1, 0.15) is 0 Å². The normalized spacial score (nSPS) is 11.4. The first-order valence-electron chi connectivity index (χ1n) is 8.44. The smallest absolute Gasteiger partial charge is 0.123 e. The largest absolute Gasteiger partial charge is 0.507 e. The predicted molar refractivity (Wildman–Crippen MR) is 106 cm³/mol. The summed E-state index contributed by atoms with van der Waals surface area (Å²) in [6.07, 6.45) is 0. The highest BCUT2D eigenvalue weighted by Crippen LogP contribution is 2.38. The van der Waals surface area contributed by atoms with E-state index in [1.807, 2.05) is 18.2 Å². The number of hydrogen-bond donors (Lipinski definition) is 1. The summed E-state index contributed by atoms with van der Waals surface area (Å²) in [7, 11) is 0. The molecule has 5 rings (SSSR count). The molecule has 5 aromatic carbocycles. The van der Waals surface area contributed by atoms with E-state index in [-0.39, 0.29) is 0 Å². The summed E-state index contributed by atoms with van der Waals surface area (Å²) in [6.45, 7) is 0. The Balaban J connectivity index is 1.96. The molecule has 118 valence electrons. The average Bonchev–Trinajstić information content (AvgIpc) is 2.68. The molecular weight excluding hydrogens is 304 g/mol. The van der Waals surface area contributed by atoms with E-state index >= 15 is 0 Å². The molecule has 0 unspecified atom stereocenters. The number of phenols is 1. The monoisotopic (exact) mass is 320 g/mol. The first-order valence-corrected chi connectivity index (χ1v) is 8.44. The Morgan fingerprint density at radius 2 is 0.920 bits per heavy atom. The molecule has 0 aliphatic carbocycles. The second-order valence-electron chi connectivity index (χ2n) is 6.37. The van der Waals surface area contributed by atoms with Crippen LogP contribution < -0.4 is 0 Å². The van der Waals surface area contributed by atoms with Crippen molar-refractivity contribution in [3.63, 3.8) is 0 Å². The zero-order valence-corrected chi connectivity index (χ0v) is 13.6. The van der Waals surface area contributed by atoms with Crippen LogP contribution in [-0.2, 0) is 0 Å². The van der Waals surface area contributed by atoms with Gasteiger partial charge in [0.25, 0.3) is 0 Å². The summed E-state index contributed by atoms with van der Waals surface area (Å²) >= 11 is 0. The molecule has 1 N–H and O–H groups in total. The summed E-state index contributed by atoms with van der Waals surface area (Å²) in [5.74, 6) is 0.312. The Kier molecular flexibility index (Phi) is 3.01. The Morgan fingerprint density at radius 3 is 1.52 bits per heavy atom.